The Morgan fingerprint density at radius 2 is 1.96 bits per heavy atom. The van der Waals surface area contributed by atoms with Crippen LogP contribution in [0.5, 0.6) is 5.75 Å². The van der Waals surface area contributed by atoms with Crippen LogP contribution in [-0.2, 0) is 6.54 Å². The van der Waals surface area contributed by atoms with Crippen molar-refractivity contribution in [3.8, 4) is 17.0 Å². The molecule has 132 valence electrons. The predicted molar refractivity (Wildman–Crippen MR) is 103 cm³/mol. The van der Waals surface area contributed by atoms with Crippen LogP contribution in [0.15, 0.2) is 41.2 Å². The van der Waals surface area contributed by atoms with Crippen LogP contribution in [-0.4, -0.2) is 22.2 Å². The second kappa shape index (κ2) is 6.76. The van der Waals surface area contributed by atoms with Crippen LogP contribution in [0.2, 0.25) is 0 Å². The highest BCUT2D eigenvalue weighted by Crippen LogP contribution is 2.32. The Morgan fingerprint density at radius 1 is 1.15 bits per heavy atom. The fraction of sp³-hybridized carbons (Fsp3) is 0.211. The fourth-order valence-corrected chi connectivity index (χ4v) is 3.78. The molecule has 0 saturated heterocycles. The maximum atomic E-state index is 5.46. The number of benzene rings is 1. The number of anilines is 1. The molecule has 0 saturated carbocycles. The third-order valence-corrected chi connectivity index (χ3v) is 5.46. The molecule has 26 heavy (non-hydrogen) atoms. The van der Waals surface area contributed by atoms with Crippen molar-refractivity contribution in [3.63, 3.8) is 0 Å². The maximum Gasteiger partial charge on any atom is 0.156 e. The van der Waals surface area contributed by atoms with E-state index < -0.39 is 0 Å². The minimum absolute atomic E-state index is 0.504. The second-order valence-corrected chi connectivity index (χ2v) is 7.15. The number of nitrogens with one attached hydrogen (secondary N) is 1. The summed E-state index contributed by atoms with van der Waals surface area (Å²) in [5.74, 6) is 2.37. The number of fused-ring (bicyclic) bond motifs is 1. The van der Waals surface area contributed by atoms with E-state index in [1.165, 1.54) is 10.4 Å². The lowest BCUT2D eigenvalue weighted by Gasteiger charge is -2.04. The highest BCUT2D eigenvalue weighted by molar-refractivity contribution is 7.18. The van der Waals surface area contributed by atoms with Crippen molar-refractivity contribution in [2.75, 3.05) is 12.4 Å². The van der Waals surface area contributed by atoms with Crippen molar-refractivity contribution < 1.29 is 9.26 Å². The summed E-state index contributed by atoms with van der Waals surface area (Å²) < 4.78 is 10.6. The number of aromatic nitrogens is 3. The number of nitrogens with zero attached hydrogens (tertiary/aromatic N) is 3. The van der Waals surface area contributed by atoms with Crippen molar-refractivity contribution in [1.29, 1.82) is 0 Å². The molecule has 4 rings (SSSR count). The van der Waals surface area contributed by atoms with Crippen molar-refractivity contribution in [1.82, 2.24) is 15.1 Å². The van der Waals surface area contributed by atoms with E-state index in [0.29, 0.717) is 6.54 Å². The number of thiophene rings is 1. The maximum absolute atomic E-state index is 5.46. The zero-order valence-corrected chi connectivity index (χ0v) is 15.6. The highest BCUT2D eigenvalue weighted by atomic mass is 32.1. The van der Waals surface area contributed by atoms with Gasteiger partial charge in [-0.2, -0.15) is 0 Å². The molecular formula is C19H18N4O2S. The SMILES string of the molecule is COc1ccc(-c2cc(CNc3ncnc4sc(C)c(C)c34)on2)cc1. The number of hydrogen-bond acceptors (Lipinski definition) is 7. The third kappa shape index (κ3) is 3.01. The molecule has 0 aliphatic heterocycles. The molecule has 0 unspecified atom stereocenters. The normalized spacial score (nSPS) is 11.0. The summed E-state index contributed by atoms with van der Waals surface area (Å²) in [6.45, 7) is 4.70. The van der Waals surface area contributed by atoms with Crippen molar-refractivity contribution in [2.24, 2.45) is 0 Å². The van der Waals surface area contributed by atoms with Crippen molar-refractivity contribution in [3.05, 3.63) is 52.9 Å². The van der Waals surface area contributed by atoms with Gasteiger partial charge in [-0.3, -0.25) is 0 Å². The Kier molecular flexibility index (Phi) is 4.30. The minimum Gasteiger partial charge on any atom is -0.497 e. The first-order valence-electron chi connectivity index (χ1n) is 8.20. The van der Waals surface area contributed by atoms with Gasteiger partial charge in [0.15, 0.2) is 5.76 Å². The van der Waals surface area contributed by atoms with E-state index in [-0.39, 0.29) is 0 Å². The smallest absolute Gasteiger partial charge is 0.156 e. The molecule has 0 aliphatic carbocycles. The first kappa shape index (κ1) is 16.5. The van der Waals surface area contributed by atoms with Gasteiger partial charge >= 0.3 is 0 Å². The lowest BCUT2D eigenvalue weighted by atomic mass is 10.1. The van der Waals surface area contributed by atoms with E-state index in [1.807, 2.05) is 30.3 Å². The van der Waals surface area contributed by atoms with Gasteiger partial charge in [-0.1, -0.05) is 5.16 Å². The van der Waals surface area contributed by atoms with Crippen LogP contribution < -0.4 is 10.1 Å². The van der Waals surface area contributed by atoms with Crippen LogP contribution in [0.4, 0.5) is 5.82 Å². The van der Waals surface area contributed by atoms with Gasteiger partial charge < -0.3 is 14.6 Å². The van der Waals surface area contributed by atoms with Gasteiger partial charge in [0.25, 0.3) is 0 Å². The van der Waals surface area contributed by atoms with Crippen LogP contribution in [0.1, 0.15) is 16.2 Å². The molecule has 0 aliphatic rings. The Bertz CT molecular complexity index is 1050. The molecule has 0 bridgehead atoms. The average Bonchev–Trinajstić information content (AvgIpc) is 3.25. The molecular weight excluding hydrogens is 348 g/mol. The quantitative estimate of drug-likeness (QED) is 0.557. The molecule has 3 aromatic heterocycles. The number of ether oxygens (including phenoxy) is 1. The van der Waals surface area contributed by atoms with Gasteiger partial charge in [0.2, 0.25) is 0 Å². The number of aryl methyl sites for hydroxylation is 2. The van der Waals surface area contributed by atoms with Gasteiger partial charge in [-0.15, -0.1) is 11.3 Å². The Morgan fingerprint density at radius 3 is 2.73 bits per heavy atom. The fourth-order valence-electron chi connectivity index (χ4n) is 2.78. The number of methoxy groups -OCH3 is 1. The van der Waals surface area contributed by atoms with Gasteiger partial charge in [0.1, 0.15) is 28.4 Å². The van der Waals surface area contributed by atoms with Crippen molar-refractivity contribution >= 4 is 27.4 Å². The van der Waals surface area contributed by atoms with E-state index in [0.717, 1.165) is 38.8 Å². The molecule has 0 atom stereocenters. The van der Waals surface area contributed by atoms with Gasteiger partial charge in [0.05, 0.1) is 19.0 Å². The molecule has 0 fully saturated rings. The summed E-state index contributed by atoms with van der Waals surface area (Å²) >= 11 is 1.68. The van der Waals surface area contributed by atoms with Crippen LogP contribution in [0.25, 0.3) is 21.5 Å². The lowest BCUT2D eigenvalue weighted by Crippen LogP contribution is -2.01. The first-order chi connectivity index (χ1) is 12.7. The zero-order chi connectivity index (χ0) is 18.1. The Balaban J connectivity index is 1.53. The van der Waals surface area contributed by atoms with Crippen molar-refractivity contribution in [2.45, 2.75) is 20.4 Å². The summed E-state index contributed by atoms with van der Waals surface area (Å²) in [4.78, 5) is 11.0. The minimum atomic E-state index is 0.504. The zero-order valence-electron chi connectivity index (χ0n) is 14.7. The summed E-state index contributed by atoms with van der Waals surface area (Å²) in [7, 11) is 1.65. The summed E-state index contributed by atoms with van der Waals surface area (Å²) in [6, 6.07) is 9.65. The number of hydrogen-bond donors (Lipinski definition) is 1. The van der Waals surface area contributed by atoms with Crippen LogP contribution >= 0.6 is 11.3 Å². The molecule has 1 N–H and O–H groups in total. The Hall–Kier alpha value is -2.93. The Labute approximate surface area is 154 Å². The van der Waals surface area contributed by atoms with Crippen LogP contribution in [0, 0.1) is 13.8 Å². The molecule has 0 spiro atoms. The van der Waals surface area contributed by atoms with Gasteiger partial charge in [-0.25, -0.2) is 9.97 Å². The monoisotopic (exact) mass is 366 g/mol. The summed E-state index contributed by atoms with van der Waals surface area (Å²) in [6.07, 6.45) is 1.59. The van der Waals surface area contributed by atoms with Gasteiger partial charge in [0, 0.05) is 16.5 Å². The molecule has 6 nitrogen and oxygen atoms in total. The third-order valence-electron chi connectivity index (χ3n) is 4.34. The second-order valence-electron chi connectivity index (χ2n) is 5.95. The number of rotatable bonds is 5. The molecule has 7 heteroatoms. The van der Waals surface area contributed by atoms with Gasteiger partial charge in [-0.05, 0) is 43.7 Å². The predicted octanol–water partition coefficient (Wildman–Crippen LogP) is 4.58. The molecule has 3 heterocycles. The van der Waals surface area contributed by atoms with Crippen LogP contribution in [0.3, 0.4) is 0 Å². The van der Waals surface area contributed by atoms with E-state index in [4.69, 9.17) is 9.26 Å². The largest absolute Gasteiger partial charge is 0.497 e. The topological polar surface area (TPSA) is 73.1 Å². The highest BCUT2D eigenvalue weighted by Gasteiger charge is 2.13. The van der Waals surface area contributed by atoms with E-state index >= 15 is 0 Å². The van der Waals surface area contributed by atoms with E-state index in [2.05, 4.69) is 34.3 Å². The van der Waals surface area contributed by atoms with E-state index in [1.54, 1.807) is 24.8 Å². The molecule has 0 amide bonds. The molecule has 0 radical (unpaired) electrons. The molecule has 4 aromatic rings. The first-order valence-corrected chi connectivity index (χ1v) is 9.02. The standard InChI is InChI=1S/C19H18N4O2S/c1-11-12(2)26-19-17(11)18(21-10-22-19)20-9-15-8-16(23-25-15)13-4-6-14(24-3)7-5-13/h4-8,10H,9H2,1-3H3,(H,20,21,22). The average molecular weight is 366 g/mol. The summed E-state index contributed by atoms with van der Waals surface area (Å²) in [5.41, 5.74) is 2.99. The molecule has 1 aromatic carbocycles. The lowest BCUT2D eigenvalue weighted by molar-refractivity contribution is 0.390. The van der Waals surface area contributed by atoms with E-state index in [9.17, 15) is 0 Å². The summed E-state index contributed by atoms with van der Waals surface area (Å²) in [5, 5.41) is 8.57.